The molecule has 0 N–H and O–H groups in total. The van der Waals surface area contributed by atoms with E-state index in [1.807, 2.05) is 0 Å². The van der Waals surface area contributed by atoms with E-state index in [9.17, 15) is 4.79 Å². The molecule has 4 heteroatoms. The van der Waals surface area contributed by atoms with E-state index in [0.717, 1.165) is 31.5 Å². The van der Waals surface area contributed by atoms with Gasteiger partial charge in [-0.2, -0.15) is 0 Å². The van der Waals surface area contributed by atoms with Gasteiger partial charge in [0.05, 0.1) is 0 Å². The Hall–Kier alpha value is -1.06. The fraction of sp³-hybridized carbons (Fsp3) is 0.778. The average molecular weight is 182 g/mol. The van der Waals surface area contributed by atoms with Crippen molar-refractivity contribution < 1.29 is 4.52 Å². The lowest BCUT2D eigenvalue weighted by Crippen LogP contribution is -2.21. The average Bonchev–Trinajstić information content (AvgIpc) is 2.39. The zero-order chi connectivity index (χ0) is 9.26. The molecule has 2 heterocycles. The highest BCUT2D eigenvalue weighted by Crippen LogP contribution is 2.23. The SMILES string of the molecule is CC[C@H]1CCCCc2noc(=O)n21. The summed E-state index contributed by atoms with van der Waals surface area (Å²) in [5.41, 5.74) is 0. The Morgan fingerprint density at radius 2 is 2.46 bits per heavy atom. The largest absolute Gasteiger partial charge is 0.441 e. The van der Waals surface area contributed by atoms with Crippen LogP contribution in [-0.4, -0.2) is 9.72 Å². The van der Waals surface area contributed by atoms with Crippen LogP contribution in [0.25, 0.3) is 0 Å². The molecule has 0 fully saturated rings. The first kappa shape index (κ1) is 8.53. The second kappa shape index (κ2) is 3.36. The van der Waals surface area contributed by atoms with Gasteiger partial charge in [-0.3, -0.25) is 9.09 Å². The second-order valence-electron chi connectivity index (χ2n) is 3.54. The summed E-state index contributed by atoms with van der Waals surface area (Å²) < 4.78 is 6.39. The molecule has 4 nitrogen and oxygen atoms in total. The van der Waals surface area contributed by atoms with E-state index in [4.69, 9.17) is 0 Å². The molecular weight excluding hydrogens is 168 g/mol. The topological polar surface area (TPSA) is 48.0 Å². The number of hydrogen-bond donors (Lipinski definition) is 0. The molecule has 1 atom stereocenters. The predicted molar refractivity (Wildman–Crippen MR) is 47.6 cm³/mol. The van der Waals surface area contributed by atoms with E-state index in [2.05, 4.69) is 16.6 Å². The summed E-state index contributed by atoms with van der Waals surface area (Å²) in [7, 11) is 0. The van der Waals surface area contributed by atoms with Crippen molar-refractivity contribution >= 4 is 0 Å². The molecule has 13 heavy (non-hydrogen) atoms. The van der Waals surface area contributed by atoms with Crippen molar-refractivity contribution in [3.8, 4) is 0 Å². The number of aryl methyl sites for hydroxylation is 1. The summed E-state index contributed by atoms with van der Waals surface area (Å²) in [6.07, 6.45) is 5.23. The van der Waals surface area contributed by atoms with E-state index < -0.39 is 0 Å². The van der Waals surface area contributed by atoms with Gasteiger partial charge in [-0.25, -0.2) is 4.79 Å². The Labute approximate surface area is 76.5 Å². The fourth-order valence-electron chi connectivity index (χ4n) is 1.99. The first-order valence-electron chi connectivity index (χ1n) is 4.90. The van der Waals surface area contributed by atoms with E-state index >= 15 is 0 Å². The van der Waals surface area contributed by atoms with Gasteiger partial charge in [0.2, 0.25) is 0 Å². The summed E-state index contributed by atoms with van der Waals surface area (Å²) in [5.74, 6) is 0.540. The first-order valence-corrected chi connectivity index (χ1v) is 4.90. The van der Waals surface area contributed by atoms with Gasteiger partial charge < -0.3 is 0 Å². The molecular formula is C9H14N2O2. The molecule has 0 saturated heterocycles. The predicted octanol–water partition coefficient (Wildman–Crippen LogP) is 1.51. The Morgan fingerprint density at radius 1 is 1.62 bits per heavy atom. The maximum absolute atomic E-state index is 11.3. The lowest BCUT2D eigenvalue weighted by atomic mass is 10.1. The molecule has 1 aromatic rings. The minimum absolute atomic E-state index is 0.288. The number of hydrogen-bond acceptors (Lipinski definition) is 3. The number of aromatic nitrogens is 2. The number of nitrogens with zero attached hydrogens (tertiary/aromatic N) is 2. The fourth-order valence-corrected chi connectivity index (χ4v) is 1.99. The number of rotatable bonds is 1. The zero-order valence-electron chi connectivity index (χ0n) is 7.82. The lowest BCUT2D eigenvalue weighted by Gasteiger charge is -2.12. The Morgan fingerprint density at radius 3 is 3.23 bits per heavy atom. The van der Waals surface area contributed by atoms with Crippen LogP contribution in [0.15, 0.2) is 9.32 Å². The van der Waals surface area contributed by atoms with Crippen LogP contribution in [0.1, 0.15) is 44.5 Å². The van der Waals surface area contributed by atoms with Crippen molar-refractivity contribution in [1.29, 1.82) is 0 Å². The van der Waals surface area contributed by atoms with Crippen LogP contribution in [-0.2, 0) is 6.42 Å². The summed E-state index contributed by atoms with van der Waals surface area (Å²) in [6.45, 7) is 2.10. The molecule has 72 valence electrons. The van der Waals surface area contributed by atoms with Gasteiger partial charge in [-0.15, -0.1) is 0 Å². The maximum atomic E-state index is 11.3. The van der Waals surface area contributed by atoms with Crippen molar-refractivity contribution in [1.82, 2.24) is 9.72 Å². The molecule has 0 saturated carbocycles. The monoisotopic (exact) mass is 182 g/mol. The molecule has 1 aliphatic rings. The van der Waals surface area contributed by atoms with Crippen LogP contribution in [0.3, 0.4) is 0 Å². The third-order valence-electron chi connectivity index (χ3n) is 2.73. The molecule has 0 aliphatic carbocycles. The summed E-state index contributed by atoms with van der Waals surface area (Å²) in [5, 5.41) is 3.79. The van der Waals surface area contributed by atoms with E-state index in [-0.39, 0.29) is 5.76 Å². The van der Waals surface area contributed by atoms with E-state index in [1.54, 1.807) is 4.57 Å². The van der Waals surface area contributed by atoms with E-state index in [0.29, 0.717) is 6.04 Å². The normalized spacial score (nSPS) is 22.4. The van der Waals surface area contributed by atoms with Gasteiger partial charge in [-0.05, 0) is 19.3 Å². The van der Waals surface area contributed by atoms with Crippen molar-refractivity contribution in [3.05, 3.63) is 16.4 Å². The van der Waals surface area contributed by atoms with Crippen molar-refractivity contribution in [2.75, 3.05) is 0 Å². The first-order chi connectivity index (χ1) is 6.33. The zero-order valence-corrected chi connectivity index (χ0v) is 7.82. The summed E-state index contributed by atoms with van der Waals surface area (Å²) in [6, 6.07) is 0.302. The highest BCUT2D eigenvalue weighted by molar-refractivity contribution is 4.90. The third-order valence-corrected chi connectivity index (χ3v) is 2.73. The van der Waals surface area contributed by atoms with Gasteiger partial charge in [-0.1, -0.05) is 18.5 Å². The van der Waals surface area contributed by atoms with Crippen molar-refractivity contribution in [2.24, 2.45) is 0 Å². The molecule has 1 aromatic heterocycles. The van der Waals surface area contributed by atoms with E-state index in [1.165, 1.54) is 6.42 Å². The Balaban J connectivity index is 2.44. The molecule has 0 amide bonds. The van der Waals surface area contributed by atoms with Crippen LogP contribution in [0.5, 0.6) is 0 Å². The van der Waals surface area contributed by atoms with Crippen LogP contribution in [0, 0.1) is 0 Å². The quantitative estimate of drug-likeness (QED) is 0.661. The number of fused-ring (bicyclic) bond motifs is 1. The van der Waals surface area contributed by atoms with Crippen molar-refractivity contribution in [2.45, 2.75) is 45.1 Å². The molecule has 0 spiro atoms. The molecule has 1 aliphatic heterocycles. The van der Waals surface area contributed by atoms with Crippen LogP contribution in [0.4, 0.5) is 0 Å². The Bertz CT molecular complexity index is 340. The van der Waals surface area contributed by atoms with Gasteiger partial charge >= 0.3 is 5.76 Å². The summed E-state index contributed by atoms with van der Waals surface area (Å²) in [4.78, 5) is 11.3. The highest BCUT2D eigenvalue weighted by atomic mass is 16.5. The summed E-state index contributed by atoms with van der Waals surface area (Å²) >= 11 is 0. The lowest BCUT2D eigenvalue weighted by molar-refractivity contribution is 0.350. The molecule has 0 unspecified atom stereocenters. The minimum atomic E-state index is -0.288. The van der Waals surface area contributed by atoms with Crippen LogP contribution < -0.4 is 5.76 Å². The standard InChI is InChI=1S/C9H14N2O2/c1-2-7-5-3-4-6-8-10-13-9(12)11(7)8/h7H,2-6H2,1H3/t7-/m0/s1. The van der Waals surface area contributed by atoms with Gasteiger partial charge in [0.15, 0.2) is 5.82 Å². The van der Waals surface area contributed by atoms with Crippen LogP contribution >= 0.6 is 0 Å². The smallest absolute Gasteiger partial charge is 0.296 e. The second-order valence-corrected chi connectivity index (χ2v) is 3.54. The third kappa shape index (κ3) is 1.41. The maximum Gasteiger partial charge on any atom is 0.441 e. The van der Waals surface area contributed by atoms with Gasteiger partial charge in [0.1, 0.15) is 0 Å². The molecule has 0 radical (unpaired) electrons. The minimum Gasteiger partial charge on any atom is -0.296 e. The van der Waals surface area contributed by atoms with Gasteiger partial charge in [0.25, 0.3) is 0 Å². The molecule has 0 aromatic carbocycles. The highest BCUT2D eigenvalue weighted by Gasteiger charge is 2.21. The molecule has 0 bridgehead atoms. The van der Waals surface area contributed by atoms with Crippen LogP contribution in [0.2, 0.25) is 0 Å². The molecule has 2 rings (SSSR count). The Kier molecular flexibility index (Phi) is 2.20. The van der Waals surface area contributed by atoms with Gasteiger partial charge in [0, 0.05) is 12.5 Å². The van der Waals surface area contributed by atoms with Crippen molar-refractivity contribution in [3.63, 3.8) is 0 Å².